The van der Waals surface area contributed by atoms with Crippen LogP contribution in [0.1, 0.15) is 0 Å². The van der Waals surface area contributed by atoms with Gasteiger partial charge < -0.3 is 19.8 Å². The second-order valence-electron chi connectivity index (χ2n) is 8.93. The van der Waals surface area contributed by atoms with Gasteiger partial charge in [-0.05, 0) is 84.9 Å². The van der Waals surface area contributed by atoms with Crippen molar-refractivity contribution in [1.29, 1.82) is 0 Å². The highest BCUT2D eigenvalue weighted by molar-refractivity contribution is 7.99. The summed E-state index contributed by atoms with van der Waals surface area (Å²) in [5, 5.41) is 10.8. The summed E-state index contributed by atoms with van der Waals surface area (Å²) in [6.45, 7) is 0. The van der Waals surface area contributed by atoms with Crippen molar-refractivity contribution < 1.29 is 22.7 Å². The molecule has 0 radical (unpaired) electrons. The summed E-state index contributed by atoms with van der Waals surface area (Å²) in [6.07, 6.45) is 0. The van der Waals surface area contributed by atoms with E-state index in [0.717, 1.165) is 34.0 Å². The smallest absolute Gasteiger partial charge is 0.263 e. The Morgan fingerprint density at radius 1 is 0.860 bits per heavy atom. The Bertz CT molecular complexity index is 1750. The number of carbonyl (C=O) groups excluding carboxylic acids is 1. The summed E-state index contributed by atoms with van der Waals surface area (Å²) in [6, 6.07) is 23.8. The highest BCUT2D eigenvalue weighted by Crippen LogP contribution is 2.34. The Labute approximate surface area is 257 Å². The number of imidazole rings is 1. The van der Waals surface area contributed by atoms with Crippen molar-refractivity contribution in [3.05, 3.63) is 90.1 Å². The lowest BCUT2D eigenvalue weighted by Crippen LogP contribution is -2.16. The van der Waals surface area contributed by atoms with Crippen LogP contribution in [0, 0.1) is 0 Å². The molecule has 0 saturated carbocycles. The standard InChI is InChI=1S/C29H25ClN6O5S2/c1-40-21-9-3-18(4-10-21)27-28(19-5-11-22(41-2)12-6-19)33-29(32-27)42-17-26(37)31-20-7-13-23(14-8-20)43(38,39)36-25-16-15-24(30)34-35-25/h3-16H,17H2,1-2H3,(H,31,37)(H,32,33)(H,35,36). The van der Waals surface area contributed by atoms with E-state index < -0.39 is 10.0 Å². The molecule has 0 fully saturated rings. The van der Waals surface area contributed by atoms with E-state index in [4.69, 9.17) is 26.1 Å². The molecule has 0 bridgehead atoms. The molecule has 0 atom stereocenters. The SMILES string of the molecule is COc1ccc(-c2nc(SCC(=O)Nc3ccc(S(=O)(=O)Nc4ccc(Cl)nn4)cc3)[nH]c2-c2ccc(OC)cc2)cc1. The van der Waals surface area contributed by atoms with Crippen LogP contribution in [0.2, 0.25) is 5.15 Å². The molecule has 43 heavy (non-hydrogen) atoms. The van der Waals surface area contributed by atoms with Crippen molar-refractivity contribution in [2.75, 3.05) is 30.0 Å². The molecule has 0 unspecified atom stereocenters. The van der Waals surface area contributed by atoms with Crippen LogP contribution in [0.15, 0.2) is 95.0 Å². The van der Waals surface area contributed by atoms with E-state index in [0.29, 0.717) is 10.8 Å². The summed E-state index contributed by atoms with van der Waals surface area (Å²) < 4.78 is 38.2. The maximum absolute atomic E-state index is 12.8. The number of aromatic nitrogens is 4. The molecule has 14 heteroatoms. The fourth-order valence-electron chi connectivity index (χ4n) is 3.96. The van der Waals surface area contributed by atoms with Gasteiger partial charge in [0.05, 0.1) is 36.3 Å². The number of methoxy groups -OCH3 is 2. The van der Waals surface area contributed by atoms with Crippen LogP contribution in [-0.4, -0.2) is 54.5 Å². The minimum atomic E-state index is -3.91. The number of sulfonamides is 1. The number of nitrogens with one attached hydrogen (secondary N) is 3. The topological polar surface area (TPSA) is 148 Å². The third-order valence-electron chi connectivity index (χ3n) is 6.08. The normalized spacial score (nSPS) is 11.1. The minimum Gasteiger partial charge on any atom is -0.497 e. The van der Waals surface area contributed by atoms with Crippen LogP contribution in [0.3, 0.4) is 0 Å². The number of benzene rings is 3. The molecule has 2 heterocycles. The number of H-pyrrole nitrogens is 1. The lowest BCUT2D eigenvalue weighted by molar-refractivity contribution is -0.113. The minimum absolute atomic E-state index is 0.00988. The fraction of sp³-hybridized carbons (Fsp3) is 0.103. The first kappa shape index (κ1) is 29.9. The van der Waals surface area contributed by atoms with Gasteiger partial charge in [0.15, 0.2) is 16.1 Å². The molecule has 3 aromatic carbocycles. The van der Waals surface area contributed by atoms with E-state index in [-0.39, 0.29) is 27.5 Å². The van der Waals surface area contributed by atoms with Gasteiger partial charge in [-0.1, -0.05) is 23.4 Å². The summed E-state index contributed by atoms with van der Waals surface area (Å²) in [7, 11) is -0.692. The highest BCUT2D eigenvalue weighted by Gasteiger charge is 2.18. The van der Waals surface area contributed by atoms with Gasteiger partial charge in [-0.15, -0.1) is 10.2 Å². The van der Waals surface area contributed by atoms with E-state index in [1.54, 1.807) is 14.2 Å². The zero-order valence-electron chi connectivity index (χ0n) is 22.9. The Kier molecular flexibility index (Phi) is 9.14. The summed E-state index contributed by atoms with van der Waals surface area (Å²) in [5.74, 6) is 1.27. The Hall–Kier alpha value is -4.59. The van der Waals surface area contributed by atoms with Crippen molar-refractivity contribution in [3.8, 4) is 34.0 Å². The first-order chi connectivity index (χ1) is 20.7. The second-order valence-corrected chi connectivity index (χ2v) is 12.0. The number of rotatable bonds is 11. The van der Waals surface area contributed by atoms with E-state index in [2.05, 4.69) is 25.2 Å². The largest absolute Gasteiger partial charge is 0.497 e. The summed E-state index contributed by atoms with van der Waals surface area (Å²) >= 11 is 6.93. The number of amides is 1. The Balaban J connectivity index is 1.26. The molecule has 0 aliphatic rings. The van der Waals surface area contributed by atoms with Crippen LogP contribution in [0.25, 0.3) is 22.5 Å². The number of carbonyl (C=O) groups is 1. The molecule has 0 spiro atoms. The molecule has 220 valence electrons. The summed E-state index contributed by atoms with van der Waals surface area (Å²) in [5.41, 5.74) is 3.75. The molecule has 1 amide bonds. The number of hydrogen-bond donors (Lipinski definition) is 3. The number of nitrogens with zero attached hydrogens (tertiary/aromatic N) is 3. The lowest BCUT2D eigenvalue weighted by atomic mass is 10.0. The number of ether oxygens (including phenoxy) is 2. The van der Waals surface area contributed by atoms with Gasteiger partial charge in [-0.3, -0.25) is 9.52 Å². The monoisotopic (exact) mass is 636 g/mol. The quantitative estimate of drug-likeness (QED) is 0.154. The molecular weight excluding hydrogens is 612 g/mol. The number of thioether (sulfide) groups is 1. The number of anilines is 2. The number of halogens is 1. The molecule has 0 saturated heterocycles. The third-order valence-corrected chi connectivity index (χ3v) is 8.53. The van der Waals surface area contributed by atoms with Gasteiger partial charge in [0, 0.05) is 16.8 Å². The van der Waals surface area contributed by atoms with Crippen LogP contribution >= 0.6 is 23.4 Å². The van der Waals surface area contributed by atoms with Crippen LogP contribution < -0.4 is 19.5 Å². The molecule has 3 N–H and O–H groups in total. The van der Waals surface area contributed by atoms with Crippen molar-refractivity contribution in [3.63, 3.8) is 0 Å². The highest BCUT2D eigenvalue weighted by atomic mass is 35.5. The van der Waals surface area contributed by atoms with Crippen LogP contribution in [0.5, 0.6) is 11.5 Å². The van der Waals surface area contributed by atoms with Crippen molar-refractivity contribution in [1.82, 2.24) is 20.2 Å². The van der Waals surface area contributed by atoms with Gasteiger partial charge in [0.1, 0.15) is 11.5 Å². The van der Waals surface area contributed by atoms with Crippen LogP contribution in [0.4, 0.5) is 11.5 Å². The average Bonchev–Trinajstić information content (AvgIpc) is 3.46. The number of aromatic amines is 1. The predicted octanol–water partition coefficient (Wildman–Crippen LogP) is 5.74. The lowest BCUT2D eigenvalue weighted by Gasteiger charge is -2.08. The van der Waals surface area contributed by atoms with Gasteiger partial charge in [0.2, 0.25) is 5.91 Å². The van der Waals surface area contributed by atoms with Gasteiger partial charge in [-0.25, -0.2) is 13.4 Å². The van der Waals surface area contributed by atoms with E-state index >= 15 is 0 Å². The molecule has 11 nitrogen and oxygen atoms in total. The van der Waals surface area contributed by atoms with Crippen molar-refractivity contribution >= 4 is 50.8 Å². The van der Waals surface area contributed by atoms with Crippen molar-refractivity contribution in [2.24, 2.45) is 0 Å². The molecular formula is C29H25ClN6O5S2. The van der Waals surface area contributed by atoms with E-state index in [1.165, 1.54) is 48.2 Å². The third kappa shape index (κ3) is 7.44. The molecule has 0 aliphatic heterocycles. The fourth-order valence-corrected chi connectivity index (χ4v) is 5.73. The predicted molar refractivity (Wildman–Crippen MR) is 166 cm³/mol. The zero-order chi connectivity index (χ0) is 30.4. The molecule has 2 aromatic heterocycles. The average molecular weight is 637 g/mol. The van der Waals surface area contributed by atoms with E-state index in [1.807, 2.05) is 48.5 Å². The van der Waals surface area contributed by atoms with Gasteiger partial charge in [0.25, 0.3) is 10.0 Å². The van der Waals surface area contributed by atoms with Gasteiger partial charge >= 0.3 is 0 Å². The maximum atomic E-state index is 12.8. The molecule has 5 aromatic rings. The molecule has 5 rings (SSSR count). The first-order valence-corrected chi connectivity index (χ1v) is 15.5. The Morgan fingerprint density at radius 2 is 1.49 bits per heavy atom. The molecule has 0 aliphatic carbocycles. The zero-order valence-corrected chi connectivity index (χ0v) is 25.3. The maximum Gasteiger partial charge on any atom is 0.263 e. The number of hydrogen-bond acceptors (Lipinski definition) is 9. The van der Waals surface area contributed by atoms with Crippen molar-refractivity contribution in [2.45, 2.75) is 10.1 Å². The van der Waals surface area contributed by atoms with E-state index in [9.17, 15) is 13.2 Å². The van der Waals surface area contributed by atoms with Crippen LogP contribution in [-0.2, 0) is 14.8 Å². The summed E-state index contributed by atoms with van der Waals surface area (Å²) in [4.78, 5) is 20.9. The van der Waals surface area contributed by atoms with Gasteiger partial charge in [-0.2, -0.15) is 0 Å². The Morgan fingerprint density at radius 3 is 2.07 bits per heavy atom. The first-order valence-electron chi connectivity index (χ1n) is 12.7. The second kappa shape index (κ2) is 13.2.